The quantitative estimate of drug-likeness (QED) is 0.181. The molecule has 0 amide bonds. The average Bonchev–Trinajstić information content (AvgIpc) is 3.65. The number of nitrogens with zero attached hydrogens (tertiary/aromatic N) is 1. The van der Waals surface area contributed by atoms with Gasteiger partial charge in [-0.3, -0.25) is 0 Å². The molecule has 244 valence electrons. The first-order chi connectivity index (χ1) is 21.5. The minimum atomic E-state index is -2.94. The molecule has 6 nitrogen and oxygen atoms in total. The van der Waals surface area contributed by atoms with Crippen LogP contribution in [0.25, 0.3) is 0 Å². The van der Waals surface area contributed by atoms with Gasteiger partial charge in [0.1, 0.15) is 17.4 Å². The molecule has 1 saturated carbocycles. The summed E-state index contributed by atoms with van der Waals surface area (Å²) in [6.45, 7) is 13.8. The van der Waals surface area contributed by atoms with Crippen molar-refractivity contribution in [2.24, 2.45) is 0 Å². The Morgan fingerprint density at radius 3 is 2.17 bits per heavy atom. The zero-order valence-electron chi connectivity index (χ0n) is 27.4. The summed E-state index contributed by atoms with van der Waals surface area (Å²) in [6.07, 6.45) is 4.35. The van der Waals surface area contributed by atoms with Crippen molar-refractivity contribution in [1.29, 1.82) is 0 Å². The minimum Gasteiger partial charge on any atom is -1.00 e. The molecule has 8 heteroatoms. The molecule has 5 aliphatic rings. The predicted molar refractivity (Wildman–Crippen MR) is 178 cm³/mol. The van der Waals surface area contributed by atoms with Crippen LogP contribution in [0.15, 0.2) is 85.5 Å². The number of hydrogen-bond donors (Lipinski definition) is 1. The molecule has 2 bridgehead atoms. The first-order valence-electron chi connectivity index (χ1n) is 16.6. The lowest BCUT2D eigenvalue weighted by molar-refractivity contribution is -0.944. The monoisotopic (exact) mass is 751 g/mol. The molecule has 3 aromatic carbocycles. The number of piperidine rings is 1. The molecule has 0 aromatic heterocycles. The number of rotatable bonds is 6. The third-order valence-electron chi connectivity index (χ3n) is 12.1. The highest BCUT2D eigenvalue weighted by atomic mass is 127. The van der Waals surface area contributed by atoms with Gasteiger partial charge in [0.25, 0.3) is 0 Å². The van der Waals surface area contributed by atoms with Crippen molar-refractivity contribution in [1.82, 2.24) is 0 Å². The van der Waals surface area contributed by atoms with Crippen LogP contribution in [0.1, 0.15) is 51.2 Å². The van der Waals surface area contributed by atoms with E-state index >= 15 is 0 Å². The van der Waals surface area contributed by atoms with Crippen LogP contribution in [0.5, 0.6) is 11.5 Å². The lowest BCUT2D eigenvalue weighted by atomic mass is 9.47. The van der Waals surface area contributed by atoms with E-state index in [0.29, 0.717) is 26.1 Å². The molecular formula is C38H46INO5Si. The van der Waals surface area contributed by atoms with Crippen molar-refractivity contribution < 1.29 is 52.2 Å². The van der Waals surface area contributed by atoms with Crippen LogP contribution in [-0.2, 0) is 21.3 Å². The molecule has 8 rings (SSSR count). The van der Waals surface area contributed by atoms with Gasteiger partial charge in [0, 0.05) is 24.8 Å². The van der Waals surface area contributed by atoms with Crippen LogP contribution in [0.4, 0.5) is 0 Å². The average molecular weight is 752 g/mol. The number of benzene rings is 3. The van der Waals surface area contributed by atoms with E-state index in [1.54, 1.807) is 0 Å². The number of ether oxygens (including phenoxy) is 3. The number of likely N-dealkylation sites (N-methyl/N-ethyl adjacent to an activating group) is 1. The van der Waals surface area contributed by atoms with E-state index in [1.807, 2.05) is 6.08 Å². The Morgan fingerprint density at radius 1 is 0.957 bits per heavy atom. The number of quaternary nitrogens is 1. The van der Waals surface area contributed by atoms with Crippen LogP contribution in [-0.4, -0.2) is 74.8 Å². The number of halogens is 1. The normalized spacial score (nSPS) is 31.8. The standard InChI is InChI=1S/C38H46NO5Si.HI/c1-6-22-39(5)23-21-36-32-27-17-18-30(33(32)43-34(36)38(41-24-25-42-38)20-19-37(36,40)31(39)26-27)44-45(35(2,3)4,28-13-9-7-10-14-28)29-15-11-8-12-16-29;/h6-18,31,34,40H,1,19-26H2,2-5H3;1H/q+1;/p-1/t31?,34?,36?,37-,39+;/m1./s1. The number of likely N-dealkylation sites (tertiary alicyclic amines) is 1. The van der Waals surface area contributed by atoms with E-state index in [9.17, 15) is 5.11 Å². The minimum absolute atomic E-state index is 0. The van der Waals surface area contributed by atoms with Crippen molar-refractivity contribution in [3.63, 3.8) is 0 Å². The molecule has 2 saturated heterocycles. The number of fused-ring (bicyclic) bond motifs is 1. The van der Waals surface area contributed by atoms with E-state index in [-0.39, 0.29) is 35.1 Å². The summed E-state index contributed by atoms with van der Waals surface area (Å²) in [6, 6.07) is 25.9. The largest absolute Gasteiger partial charge is 1.00 e. The van der Waals surface area contributed by atoms with Crippen LogP contribution in [0, 0.1) is 0 Å². The topological polar surface area (TPSA) is 57.2 Å². The first-order valence-corrected chi connectivity index (χ1v) is 18.5. The highest BCUT2D eigenvalue weighted by molar-refractivity contribution is 7.00. The molecule has 3 unspecified atom stereocenters. The SMILES string of the molecule is C=CC[N@@+]1(C)CCC23c4c5ccc(O[Si](c6ccccc6)(c6ccccc6)C(C)(C)C)c4OC2C2(CC[C@@]3(O)C1C5)OCCO2.[I-]. The highest BCUT2D eigenvalue weighted by Gasteiger charge is 2.80. The fraction of sp³-hybridized carbons (Fsp3) is 0.474. The second kappa shape index (κ2) is 10.9. The molecule has 46 heavy (non-hydrogen) atoms. The Morgan fingerprint density at radius 2 is 1.59 bits per heavy atom. The molecule has 2 spiro atoms. The van der Waals surface area contributed by atoms with Gasteiger partial charge in [-0.15, -0.1) is 0 Å². The molecule has 1 N–H and O–H groups in total. The van der Waals surface area contributed by atoms with Crippen molar-refractivity contribution in [2.75, 3.05) is 33.4 Å². The molecule has 3 aromatic rings. The van der Waals surface area contributed by atoms with Gasteiger partial charge in [-0.25, -0.2) is 0 Å². The molecule has 2 aliphatic carbocycles. The van der Waals surface area contributed by atoms with E-state index in [4.69, 9.17) is 18.6 Å². The third kappa shape index (κ3) is 4.06. The summed E-state index contributed by atoms with van der Waals surface area (Å²) in [5.41, 5.74) is 0.764. The van der Waals surface area contributed by atoms with Crippen LogP contribution in [0.3, 0.4) is 0 Å². The molecule has 3 heterocycles. The van der Waals surface area contributed by atoms with Gasteiger partial charge in [-0.2, -0.15) is 0 Å². The second-order valence-corrected chi connectivity index (χ2v) is 19.5. The second-order valence-electron chi connectivity index (χ2n) is 15.2. The Kier molecular flexibility index (Phi) is 7.66. The summed E-state index contributed by atoms with van der Waals surface area (Å²) in [5, 5.41) is 15.4. The van der Waals surface area contributed by atoms with Gasteiger partial charge in [0.15, 0.2) is 11.9 Å². The Hall–Kier alpha value is -2.21. The summed E-state index contributed by atoms with van der Waals surface area (Å²) >= 11 is 0. The van der Waals surface area contributed by atoms with E-state index in [1.165, 1.54) is 15.9 Å². The van der Waals surface area contributed by atoms with Gasteiger partial charge in [0.2, 0.25) is 5.79 Å². The third-order valence-corrected chi connectivity index (χ3v) is 17.0. The lowest BCUT2D eigenvalue weighted by Gasteiger charge is -2.66. The molecule has 3 aliphatic heterocycles. The maximum absolute atomic E-state index is 13.2. The molecule has 0 radical (unpaired) electrons. The predicted octanol–water partition coefficient (Wildman–Crippen LogP) is 1.86. The number of hydrogen-bond acceptors (Lipinski definition) is 5. The van der Waals surface area contributed by atoms with Crippen molar-refractivity contribution in [3.8, 4) is 11.5 Å². The zero-order chi connectivity index (χ0) is 31.3. The maximum Gasteiger partial charge on any atom is 0.320 e. The maximum atomic E-state index is 13.2. The van der Waals surface area contributed by atoms with E-state index in [0.717, 1.165) is 47.5 Å². The summed E-state index contributed by atoms with van der Waals surface area (Å²) < 4.78 is 28.6. The summed E-state index contributed by atoms with van der Waals surface area (Å²) in [5.74, 6) is 0.662. The van der Waals surface area contributed by atoms with E-state index in [2.05, 4.69) is 107 Å². The van der Waals surface area contributed by atoms with Crippen molar-refractivity contribution in [2.45, 2.75) is 80.4 Å². The Labute approximate surface area is 291 Å². The molecule has 3 fully saturated rings. The van der Waals surface area contributed by atoms with Gasteiger partial charge in [-0.05, 0) is 39.5 Å². The van der Waals surface area contributed by atoms with E-state index < -0.39 is 31.2 Å². The van der Waals surface area contributed by atoms with Gasteiger partial charge >= 0.3 is 8.32 Å². The highest BCUT2D eigenvalue weighted by Crippen LogP contribution is 2.69. The number of aliphatic hydroxyl groups is 1. The van der Waals surface area contributed by atoms with Gasteiger partial charge in [-0.1, -0.05) is 94.1 Å². The van der Waals surface area contributed by atoms with Gasteiger partial charge < -0.3 is 52.2 Å². The van der Waals surface area contributed by atoms with Crippen molar-refractivity contribution in [3.05, 3.63) is 96.6 Å². The summed E-state index contributed by atoms with van der Waals surface area (Å²) in [4.78, 5) is 0. The lowest BCUT2D eigenvalue weighted by Crippen LogP contribution is -3.00. The fourth-order valence-electron chi connectivity index (χ4n) is 10.2. The van der Waals surface area contributed by atoms with Crippen molar-refractivity contribution >= 4 is 18.7 Å². The van der Waals surface area contributed by atoms with Crippen LogP contribution >= 0.6 is 0 Å². The smallest absolute Gasteiger partial charge is 0.320 e. The van der Waals surface area contributed by atoms with Crippen LogP contribution < -0.4 is 43.5 Å². The zero-order valence-corrected chi connectivity index (χ0v) is 30.6. The van der Waals surface area contributed by atoms with Gasteiger partial charge in [0.05, 0.1) is 38.8 Å². The molecular weight excluding hydrogens is 705 g/mol. The first kappa shape index (κ1) is 32.3. The Balaban J connectivity index is 0.00000338. The Bertz CT molecular complexity index is 1600. The molecule has 5 atom stereocenters. The summed E-state index contributed by atoms with van der Waals surface area (Å²) in [7, 11) is -0.651. The fourth-order valence-corrected chi connectivity index (χ4v) is 14.6. The van der Waals surface area contributed by atoms with Crippen LogP contribution in [0.2, 0.25) is 5.04 Å².